The van der Waals surface area contributed by atoms with Gasteiger partial charge in [-0.3, -0.25) is 4.57 Å². The molecule has 0 fully saturated rings. The molecule has 0 aliphatic heterocycles. The summed E-state index contributed by atoms with van der Waals surface area (Å²) in [6, 6.07) is 18.1. The van der Waals surface area contributed by atoms with Crippen LogP contribution in [0.25, 0.3) is 0 Å². The molecule has 0 saturated carbocycles. The van der Waals surface area contributed by atoms with Gasteiger partial charge in [-0.2, -0.15) is 0 Å². The van der Waals surface area contributed by atoms with E-state index in [1.807, 2.05) is 48.7 Å². The highest BCUT2D eigenvalue weighted by molar-refractivity contribution is 9.10. The van der Waals surface area contributed by atoms with Crippen molar-refractivity contribution in [2.24, 2.45) is 0 Å². The van der Waals surface area contributed by atoms with Crippen molar-refractivity contribution in [1.82, 2.24) is 14.8 Å². The average Bonchev–Trinajstić information content (AvgIpc) is 2.97. The highest BCUT2D eigenvalue weighted by Gasteiger charge is 2.12. The number of nitrogens with zero attached hydrogens (tertiary/aromatic N) is 3. The zero-order valence-electron chi connectivity index (χ0n) is 12.6. The maximum atomic E-state index is 5.83. The van der Waals surface area contributed by atoms with Gasteiger partial charge in [0.05, 0.1) is 6.54 Å². The van der Waals surface area contributed by atoms with Gasteiger partial charge in [0, 0.05) is 4.47 Å². The van der Waals surface area contributed by atoms with E-state index in [0.29, 0.717) is 6.61 Å². The van der Waals surface area contributed by atoms with Crippen molar-refractivity contribution >= 4 is 27.7 Å². The van der Waals surface area contributed by atoms with Crippen LogP contribution >= 0.6 is 27.7 Å². The van der Waals surface area contributed by atoms with E-state index in [2.05, 4.69) is 42.8 Å². The molecule has 0 spiro atoms. The van der Waals surface area contributed by atoms with Crippen LogP contribution in [0, 0.1) is 0 Å². The number of rotatable bonds is 6. The lowest BCUT2D eigenvalue weighted by atomic mass is 10.2. The summed E-state index contributed by atoms with van der Waals surface area (Å²) >= 11 is 5.00. The maximum Gasteiger partial charge on any atom is 0.191 e. The summed E-state index contributed by atoms with van der Waals surface area (Å²) in [6.07, 6.45) is 2.00. The Bertz CT molecular complexity index is 759. The van der Waals surface area contributed by atoms with Crippen molar-refractivity contribution in [3.8, 4) is 5.75 Å². The van der Waals surface area contributed by atoms with Crippen LogP contribution in [-0.4, -0.2) is 21.0 Å². The second-order valence-corrected chi connectivity index (χ2v) is 6.61. The number of thioether (sulfide) groups is 1. The first kappa shape index (κ1) is 16.1. The van der Waals surface area contributed by atoms with Crippen molar-refractivity contribution in [1.29, 1.82) is 0 Å². The van der Waals surface area contributed by atoms with Crippen LogP contribution in [0.15, 0.2) is 64.2 Å². The highest BCUT2D eigenvalue weighted by atomic mass is 79.9. The topological polar surface area (TPSA) is 39.9 Å². The minimum Gasteiger partial charge on any atom is -0.486 e. The van der Waals surface area contributed by atoms with Crippen molar-refractivity contribution in [2.75, 3.05) is 6.26 Å². The Kier molecular flexibility index (Phi) is 5.35. The fraction of sp³-hybridized carbons (Fsp3) is 0.176. The molecule has 0 atom stereocenters. The third kappa shape index (κ3) is 4.14. The van der Waals surface area contributed by atoms with Crippen molar-refractivity contribution < 1.29 is 4.74 Å². The van der Waals surface area contributed by atoms with Crippen LogP contribution in [0.3, 0.4) is 0 Å². The van der Waals surface area contributed by atoms with E-state index in [-0.39, 0.29) is 0 Å². The smallest absolute Gasteiger partial charge is 0.191 e. The Morgan fingerprint density at radius 3 is 2.48 bits per heavy atom. The van der Waals surface area contributed by atoms with Crippen LogP contribution < -0.4 is 4.74 Å². The SMILES string of the molecule is CSc1nnc(COc2ccc(Br)cc2)n1Cc1ccccc1. The van der Waals surface area contributed by atoms with E-state index in [4.69, 9.17) is 4.74 Å². The molecule has 0 aliphatic carbocycles. The number of halogens is 1. The largest absolute Gasteiger partial charge is 0.486 e. The molecule has 1 aromatic heterocycles. The van der Waals surface area contributed by atoms with E-state index in [1.54, 1.807) is 11.8 Å². The molecule has 1 heterocycles. The van der Waals surface area contributed by atoms with Gasteiger partial charge in [0.2, 0.25) is 0 Å². The molecule has 23 heavy (non-hydrogen) atoms. The molecule has 0 unspecified atom stereocenters. The molecule has 0 radical (unpaired) electrons. The summed E-state index contributed by atoms with van der Waals surface area (Å²) in [5.74, 6) is 1.63. The molecule has 0 N–H and O–H groups in total. The molecular formula is C17H16BrN3OS. The van der Waals surface area contributed by atoms with Crippen LogP contribution in [-0.2, 0) is 13.2 Å². The lowest BCUT2D eigenvalue weighted by molar-refractivity contribution is 0.289. The lowest BCUT2D eigenvalue weighted by Gasteiger charge is -2.10. The summed E-state index contributed by atoms with van der Waals surface area (Å²) in [4.78, 5) is 0. The monoisotopic (exact) mass is 389 g/mol. The number of hydrogen-bond acceptors (Lipinski definition) is 4. The van der Waals surface area contributed by atoms with Gasteiger partial charge < -0.3 is 4.74 Å². The Morgan fingerprint density at radius 2 is 1.78 bits per heavy atom. The average molecular weight is 390 g/mol. The summed E-state index contributed by atoms with van der Waals surface area (Å²) < 4.78 is 8.96. The van der Waals surface area contributed by atoms with Gasteiger partial charge in [-0.15, -0.1) is 10.2 Å². The minimum atomic E-state index is 0.391. The third-order valence-corrected chi connectivity index (χ3v) is 4.54. The quantitative estimate of drug-likeness (QED) is 0.586. The van der Waals surface area contributed by atoms with Crippen molar-refractivity contribution in [3.63, 3.8) is 0 Å². The van der Waals surface area contributed by atoms with E-state index >= 15 is 0 Å². The van der Waals surface area contributed by atoms with E-state index in [1.165, 1.54) is 5.56 Å². The van der Waals surface area contributed by atoms with E-state index in [0.717, 1.165) is 27.7 Å². The predicted octanol–water partition coefficient (Wildman–Crippen LogP) is 4.39. The molecule has 0 amide bonds. The normalized spacial score (nSPS) is 10.7. The molecule has 6 heteroatoms. The van der Waals surface area contributed by atoms with Crippen molar-refractivity contribution in [2.45, 2.75) is 18.3 Å². The standard InChI is InChI=1S/C17H16BrN3OS/c1-23-17-20-19-16(12-22-15-9-7-14(18)8-10-15)21(17)11-13-5-3-2-4-6-13/h2-10H,11-12H2,1H3. The first-order chi connectivity index (χ1) is 11.3. The summed E-state index contributed by atoms with van der Waals surface area (Å²) in [7, 11) is 0. The first-order valence-electron chi connectivity index (χ1n) is 7.14. The highest BCUT2D eigenvalue weighted by Crippen LogP contribution is 2.19. The predicted molar refractivity (Wildman–Crippen MR) is 95.8 cm³/mol. The van der Waals surface area contributed by atoms with Crippen LogP contribution in [0.5, 0.6) is 5.75 Å². The Hall–Kier alpha value is -1.79. The molecule has 2 aromatic carbocycles. The van der Waals surface area contributed by atoms with Gasteiger partial charge in [-0.25, -0.2) is 0 Å². The molecular weight excluding hydrogens is 374 g/mol. The van der Waals surface area contributed by atoms with Gasteiger partial charge in [-0.05, 0) is 36.1 Å². The molecule has 0 aliphatic rings. The second kappa shape index (κ2) is 7.66. The van der Waals surface area contributed by atoms with Crippen LogP contribution in [0.4, 0.5) is 0 Å². The fourth-order valence-corrected chi connectivity index (χ4v) is 2.96. The maximum absolute atomic E-state index is 5.83. The second-order valence-electron chi connectivity index (χ2n) is 4.92. The van der Waals surface area contributed by atoms with Gasteiger partial charge in [0.1, 0.15) is 12.4 Å². The van der Waals surface area contributed by atoms with Crippen LogP contribution in [0.1, 0.15) is 11.4 Å². The Balaban J connectivity index is 1.76. The number of benzene rings is 2. The molecule has 3 rings (SSSR count). The zero-order valence-corrected chi connectivity index (χ0v) is 15.0. The first-order valence-corrected chi connectivity index (χ1v) is 9.16. The summed E-state index contributed by atoms with van der Waals surface area (Å²) in [5, 5.41) is 9.41. The summed E-state index contributed by atoms with van der Waals surface area (Å²) in [6.45, 7) is 1.13. The zero-order chi connectivity index (χ0) is 16.1. The van der Waals surface area contributed by atoms with Crippen LogP contribution in [0.2, 0.25) is 0 Å². The Morgan fingerprint density at radius 1 is 1.04 bits per heavy atom. The molecule has 0 bridgehead atoms. The van der Waals surface area contributed by atoms with E-state index < -0.39 is 0 Å². The molecule has 3 aromatic rings. The molecule has 118 valence electrons. The number of ether oxygens (including phenoxy) is 1. The van der Waals surface area contributed by atoms with E-state index in [9.17, 15) is 0 Å². The van der Waals surface area contributed by atoms with Crippen molar-refractivity contribution in [3.05, 3.63) is 70.5 Å². The van der Waals surface area contributed by atoms with Gasteiger partial charge in [0.25, 0.3) is 0 Å². The number of aromatic nitrogens is 3. The lowest BCUT2D eigenvalue weighted by Crippen LogP contribution is -2.09. The van der Waals surface area contributed by atoms with Gasteiger partial charge in [-0.1, -0.05) is 58.0 Å². The fourth-order valence-electron chi connectivity index (χ4n) is 2.18. The molecule has 0 saturated heterocycles. The third-order valence-electron chi connectivity index (χ3n) is 3.34. The van der Waals surface area contributed by atoms with Gasteiger partial charge in [0.15, 0.2) is 11.0 Å². The summed E-state index contributed by atoms with van der Waals surface area (Å²) in [5.41, 5.74) is 1.22. The minimum absolute atomic E-state index is 0.391. The molecule has 4 nitrogen and oxygen atoms in total. The number of hydrogen-bond donors (Lipinski definition) is 0. The Labute approximate surface area is 148 Å². The van der Waals surface area contributed by atoms with Gasteiger partial charge >= 0.3 is 0 Å².